The number of hydrogen-bond acceptors (Lipinski definition) is 6. The summed E-state index contributed by atoms with van der Waals surface area (Å²) in [4.78, 5) is 22.2. The predicted molar refractivity (Wildman–Crippen MR) is 161 cm³/mol. The van der Waals surface area contributed by atoms with Crippen LogP contribution >= 0.6 is 11.3 Å². The zero-order chi connectivity index (χ0) is 27.7. The molecule has 2 N–H and O–H groups in total. The fraction of sp³-hybridized carbons (Fsp3) is 0.250. The fourth-order valence-corrected chi connectivity index (χ4v) is 5.75. The lowest BCUT2D eigenvalue weighted by molar-refractivity contribution is 0.0958. The van der Waals surface area contributed by atoms with E-state index in [1.807, 2.05) is 61.1 Å². The van der Waals surface area contributed by atoms with Crippen LogP contribution in [0.4, 0.5) is 5.69 Å². The van der Waals surface area contributed by atoms with Crippen LogP contribution in [0.5, 0.6) is 0 Å². The first-order valence-corrected chi connectivity index (χ1v) is 14.4. The van der Waals surface area contributed by atoms with Gasteiger partial charge in [0, 0.05) is 66.1 Å². The fourth-order valence-electron chi connectivity index (χ4n) is 4.79. The normalized spacial score (nSPS) is 11.7. The third-order valence-electron chi connectivity index (χ3n) is 6.83. The van der Waals surface area contributed by atoms with E-state index < -0.39 is 0 Å². The Morgan fingerprint density at radius 2 is 2.00 bits per heavy atom. The summed E-state index contributed by atoms with van der Waals surface area (Å²) < 4.78 is 3.26. The molecule has 2 aromatic carbocycles. The number of amides is 1. The van der Waals surface area contributed by atoms with Crippen LogP contribution in [0.25, 0.3) is 10.1 Å². The van der Waals surface area contributed by atoms with Gasteiger partial charge in [0.1, 0.15) is 0 Å². The zero-order valence-electron chi connectivity index (χ0n) is 22.5. The van der Waals surface area contributed by atoms with Crippen LogP contribution in [0.1, 0.15) is 52.0 Å². The van der Waals surface area contributed by atoms with Crippen LogP contribution in [-0.4, -0.2) is 33.0 Å². The second-order valence-corrected chi connectivity index (χ2v) is 10.9. The number of anilines is 1. The average Bonchev–Trinajstić information content (AvgIpc) is 3.60. The summed E-state index contributed by atoms with van der Waals surface area (Å²) in [5, 5.41) is 16.9. The number of carbonyl (C=O) groups is 1. The number of benzene rings is 2. The van der Waals surface area contributed by atoms with Crippen LogP contribution < -0.4 is 10.6 Å². The third kappa shape index (κ3) is 6.93. The van der Waals surface area contributed by atoms with Gasteiger partial charge in [-0.25, -0.2) is 4.98 Å². The Hall–Kier alpha value is -4.48. The molecular formula is C32H32N6OS. The highest BCUT2D eigenvalue weighted by atomic mass is 32.1. The minimum absolute atomic E-state index is 0.0500. The van der Waals surface area contributed by atoms with E-state index in [4.69, 9.17) is 5.26 Å². The molecule has 1 unspecified atom stereocenters. The lowest BCUT2D eigenvalue weighted by Crippen LogP contribution is -2.25. The smallest absolute Gasteiger partial charge is 0.261 e. The molecule has 8 heteroatoms. The molecule has 0 radical (unpaired) electrons. The quantitative estimate of drug-likeness (QED) is 0.193. The maximum absolute atomic E-state index is 12.8. The number of aromatic nitrogens is 3. The number of nitrogens with one attached hydrogen (secondary N) is 2. The Bertz CT molecular complexity index is 1600. The first-order valence-electron chi connectivity index (χ1n) is 13.6. The van der Waals surface area contributed by atoms with Gasteiger partial charge in [0.25, 0.3) is 5.91 Å². The number of imidazole rings is 1. The van der Waals surface area contributed by atoms with Crippen molar-refractivity contribution < 1.29 is 4.79 Å². The molecule has 0 saturated heterocycles. The van der Waals surface area contributed by atoms with E-state index in [2.05, 4.69) is 56.4 Å². The highest BCUT2D eigenvalue weighted by Crippen LogP contribution is 2.29. The lowest BCUT2D eigenvalue weighted by atomic mass is 10.1. The number of carbonyl (C=O) groups excluding carboxylic acids is 1. The minimum Gasteiger partial charge on any atom is -0.382 e. The van der Waals surface area contributed by atoms with E-state index in [9.17, 15) is 4.79 Å². The maximum Gasteiger partial charge on any atom is 0.261 e. The van der Waals surface area contributed by atoms with Crippen LogP contribution in [0, 0.1) is 11.3 Å². The Kier molecular flexibility index (Phi) is 8.84. The largest absolute Gasteiger partial charge is 0.382 e. The molecule has 5 aromatic rings. The van der Waals surface area contributed by atoms with Crippen molar-refractivity contribution in [3.05, 3.63) is 113 Å². The molecule has 40 heavy (non-hydrogen) atoms. The topological polar surface area (TPSA) is 95.6 Å². The van der Waals surface area contributed by atoms with Crippen LogP contribution in [0.3, 0.4) is 0 Å². The molecular weight excluding hydrogens is 516 g/mol. The summed E-state index contributed by atoms with van der Waals surface area (Å²) in [6.45, 7) is 3.47. The number of nitriles is 1. The van der Waals surface area contributed by atoms with E-state index in [1.54, 1.807) is 6.20 Å². The summed E-state index contributed by atoms with van der Waals surface area (Å²) in [6, 6.07) is 24.2. The van der Waals surface area contributed by atoms with Gasteiger partial charge >= 0.3 is 0 Å². The number of nitrogens with zero attached hydrogens (tertiary/aromatic N) is 4. The molecule has 0 spiro atoms. The molecule has 0 aliphatic heterocycles. The molecule has 202 valence electrons. The van der Waals surface area contributed by atoms with Crippen LogP contribution in [0.2, 0.25) is 0 Å². The molecule has 5 rings (SSSR count). The molecule has 0 fully saturated rings. The average molecular weight is 549 g/mol. The van der Waals surface area contributed by atoms with Gasteiger partial charge in [0.05, 0.1) is 22.8 Å². The summed E-state index contributed by atoms with van der Waals surface area (Å²) in [5.74, 6) is -0.0500. The van der Waals surface area contributed by atoms with Crippen LogP contribution in [0.15, 0.2) is 85.5 Å². The Morgan fingerprint density at radius 3 is 2.77 bits per heavy atom. The molecule has 0 aliphatic rings. The zero-order valence-corrected chi connectivity index (χ0v) is 23.3. The number of fused-ring (bicyclic) bond motifs is 1. The van der Waals surface area contributed by atoms with Gasteiger partial charge in [0.15, 0.2) is 0 Å². The Balaban J connectivity index is 1.22. The SMILES string of the molecule is CCCC(Cc1cncn1Cc1ccc(C#N)cc1)Nc1ccc2sc(C(=O)NCCc3ccccn3)cc2c1. The maximum atomic E-state index is 12.8. The number of pyridine rings is 1. The summed E-state index contributed by atoms with van der Waals surface area (Å²) in [6.07, 6.45) is 9.21. The van der Waals surface area contributed by atoms with Gasteiger partial charge in [-0.05, 0) is 65.9 Å². The molecule has 1 atom stereocenters. The first kappa shape index (κ1) is 27.1. The van der Waals surface area contributed by atoms with Crippen molar-refractivity contribution in [2.24, 2.45) is 0 Å². The predicted octanol–water partition coefficient (Wildman–Crippen LogP) is 6.21. The highest BCUT2D eigenvalue weighted by molar-refractivity contribution is 7.20. The van der Waals surface area contributed by atoms with E-state index in [1.165, 1.54) is 11.3 Å². The van der Waals surface area contributed by atoms with E-state index in [0.29, 0.717) is 30.0 Å². The van der Waals surface area contributed by atoms with E-state index >= 15 is 0 Å². The molecule has 7 nitrogen and oxygen atoms in total. The number of rotatable bonds is 12. The molecule has 0 saturated carbocycles. The Morgan fingerprint density at radius 1 is 1.12 bits per heavy atom. The Labute approximate surface area is 238 Å². The van der Waals surface area contributed by atoms with Gasteiger partial charge in [-0.3, -0.25) is 9.78 Å². The number of thiophene rings is 1. The van der Waals surface area contributed by atoms with Gasteiger partial charge in [-0.1, -0.05) is 31.5 Å². The second kappa shape index (κ2) is 13.0. The number of hydrogen-bond donors (Lipinski definition) is 2. The molecule has 3 aromatic heterocycles. The van der Waals surface area contributed by atoms with Crippen LogP contribution in [-0.2, 0) is 19.4 Å². The van der Waals surface area contributed by atoms with Crippen molar-refractivity contribution in [2.75, 3.05) is 11.9 Å². The van der Waals surface area contributed by atoms with Gasteiger partial charge in [-0.2, -0.15) is 5.26 Å². The van der Waals surface area contributed by atoms with Gasteiger partial charge in [-0.15, -0.1) is 11.3 Å². The van der Waals surface area contributed by atoms with Gasteiger partial charge < -0.3 is 15.2 Å². The molecule has 1 amide bonds. The first-order chi connectivity index (χ1) is 19.6. The highest BCUT2D eigenvalue weighted by Gasteiger charge is 2.15. The van der Waals surface area contributed by atoms with Crippen molar-refractivity contribution in [1.82, 2.24) is 19.9 Å². The van der Waals surface area contributed by atoms with E-state index in [-0.39, 0.29) is 11.9 Å². The summed E-state index contributed by atoms with van der Waals surface area (Å²) in [7, 11) is 0. The summed E-state index contributed by atoms with van der Waals surface area (Å²) in [5.41, 5.74) is 4.98. The van der Waals surface area contributed by atoms with Crippen molar-refractivity contribution in [1.29, 1.82) is 5.26 Å². The second-order valence-electron chi connectivity index (χ2n) is 9.85. The summed E-state index contributed by atoms with van der Waals surface area (Å²) >= 11 is 1.51. The van der Waals surface area contributed by atoms with Crippen molar-refractivity contribution in [3.63, 3.8) is 0 Å². The van der Waals surface area contributed by atoms with Crippen molar-refractivity contribution in [3.8, 4) is 6.07 Å². The standard InChI is InChI=1S/C32H32N6OS/c1-2-5-27(18-29-20-34-22-38(29)21-24-9-7-23(19-33)8-10-24)37-28-11-12-30-25(16-28)17-31(40-30)32(39)36-15-13-26-6-3-4-14-35-26/h3-4,6-12,14,16-17,20,22,27,37H,2,5,13,15,18,21H2,1H3,(H,36,39). The molecule has 0 bridgehead atoms. The molecule has 3 heterocycles. The van der Waals surface area contributed by atoms with Gasteiger partial charge in [0.2, 0.25) is 0 Å². The van der Waals surface area contributed by atoms with E-state index in [0.717, 1.165) is 52.0 Å². The van der Waals surface area contributed by atoms with Crippen molar-refractivity contribution >= 4 is 33.0 Å². The third-order valence-corrected chi connectivity index (χ3v) is 7.95. The lowest BCUT2D eigenvalue weighted by Gasteiger charge is -2.20. The monoisotopic (exact) mass is 548 g/mol. The molecule has 0 aliphatic carbocycles. The van der Waals surface area contributed by atoms with Crippen molar-refractivity contribution in [2.45, 2.75) is 45.2 Å². The minimum atomic E-state index is -0.0500.